The van der Waals surface area contributed by atoms with E-state index < -0.39 is 12.6 Å². The molecule has 0 saturated heterocycles. The van der Waals surface area contributed by atoms with Crippen LogP contribution in [0.25, 0.3) is 22.5 Å². The summed E-state index contributed by atoms with van der Waals surface area (Å²) in [6.07, 6.45) is 0. The third-order valence-electron chi connectivity index (χ3n) is 4.22. The molecule has 1 N–H and O–H groups in total. The minimum absolute atomic E-state index is 0.396. The molecule has 146 valence electrons. The zero-order valence-corrected chi connectivity index (χ0v) is 16.9. The molecule has 0 amide bonds. The molecule has 28 heavy (non-hydrogen) atoms. The molecular weight excluding hydrogens is 376 g/mol. The fraction of sp³-hybridized carbons (Fsp3) is 0.273. The van der Waals surface area contributed by atoms with E-state index in [1.165, 1.54) is 0 Å². The van der Waals surface area contributed by atoms with Gasteiger partial charge in [0.2, 0.25) is 0 Å². The molecule has 0 aliphatic rings. The molecule has 0 bridgehead atoms. The lowest BCUT2D eigenvalue weighted by Crippen LogP contribution is -2.10. The van der Waals surface area contributed by atoms with Crippen LogP contribution in [0.2, 0.25) is 5.02 Å². The first-order valence-electron chi connectivity index (χ1n) is 9.13. The number of halogens is 1. The second-order valence-corrected chi connectivity index (χ2v) is 7.62. The maximum Gasteiger partial charge on any atom is 0.341 e. The van der Waals surface area contributed by atoms with Crippen molar-refractivity contribution in [1.29, 1.82) is 0 Å². The molecule has 0 atom stereocenters. The molecule has 3 rings (SSSR count). The summed E-state index contributed by atoms with van der Waals surface area (Å²) in [5.41, 5.74) is 4.56. The van der Waals surface area contributed by atoms with Crippen LogP contribution in [0.1, 0.15) is 19.4 Å². The molecular formula is C22H23ClN2O3. The topological polar surface area (TPSA) is 64.3 Å². The molecule has 5 nitrogen and oxygen atoms in total. The summed E-state index contributed by atoms with van der Waals surface area (Å²) >= 11 is 6.04. The van der Waals surface area contributed by atoms with Gasteiger partial charge < -0.3 is 9.84 Å². The molecule has 0 saturated carbocycles. The lowest BCUT2D eigenvalue weighted by atomic mass is 10.1. The molecule has 3 aromatic rings. The van der Waals surface area contributed by atoms with Crippen molar-refractivity contribution in [3.05, 3.63) is 59.1 Å². The average Bonchev–Trinajstić information content (AvgIpc) is 3.04. The highest BCUT2D eigenvalue weighted by Crippen LogP contribution is 2.34. The maximum atomic E-state index is 10.9. The first-order valence-corrected chi connectivity index (χ1v) is 9.50. The molecule has 2 aromatic carbocycles. The molecule has 1 aromatic heterocycles. The minimum Gasteiger partial charge on any atom is -0.481 e. The number of benzene rings is 2. The smallest absolute Gasteiger partial charge is 0.341 e. The van der Waals surface area contributed by atoms with E-state index in [4.69, 9.17) is 26.5 Å². The van der Waals surface area contributed by atoms with Crippen LogP contribution >= 0.6 is 11.6 Å². The van der Waals surface area contributed by atoms with E-state index >= 15 is 0 Å². The molecule has 0 unspecified atom stereocenters. The van der Waals surface area contributed by atoms with Crippen molar-refractivity contribution in [3.8, 4) is 28.3 Å². The second kappa shape index (κ2) is 8.48. The summed E-state index contributed by atoms with van der Waals surface area (Å²) in [5.74, 6) is -0.0948. The van der Waals surface area contributed by atoms with Gasteiger partial charge in [-0.05, 0) is 48.7 Å². The van der Waals surface area contributed by atoms with E-state index in [1.54, 1.807) is 6.07 Å². The van der Waals surface area contributed by atoms with Crippen molar-refractivity contribution in [3.63, 3.8) is 0 Å². The molecule has 1 heterocycles. The van der Waals surface area contributed by atoms with Crippen molar-refractivity contribution >= 4 is 17.6 Å². The summed E-state index contributed by atoms with van der Waals surface area (Å²) in [6.45, 7) is 6.62. The fourth-order valence-corrected chi connectivity index (χ4v) is 3.12. The van der Waals surface area contributed by atoms with Gasteiger partial charge in [0.15, 0.2) is 6.61 Å². The van der Waals surface area contributed by atoms with Crippen molar-refractivity contribution < 1.29 is 14.6 Å². The van der Waals surface area contributed by atoms with Crippen LogP contribution in [0, 0.1) is 12.8 Å². The third kappa shape index (κ3) is 4.73. The molecule has 0 fully saturated rings. The SMILES string of the molecule is Cc1ccc(OCC(=O)O)c(-c2cc(-c3ccc(Cl)cc3)n(CC(C)C)n2)c1. The number of aryl methyl sites for hydroxylation is 1. The number of carboxylic acids is 1. The van der Waals surface area contributed by atoms with Gasteiger partial charge in [-0.15, -0.1) is 0 Å². The molecule has 0 spiro atoms. The zero-order chi connectivity index (χ0) is 20.3. The van der Waals surface area contributed by atoms with Crippen LogP contribution in [0.5, 0.6) is 5.75 Å². The van der Waals surface area contributed by atoms with Crippen LogP contribution in [0.4, 0.5) is 0 Å². The number of ether oxygens (including phenoxy) is 1. The quantitative estimate of drug-likeness (QED) is 0.586. The number of aliphatic carboxylic acids is 1. The lowest BCUT2D eigenvalue weighted by molar-refractivity contribution is -0.139. The Morgan fingerprint density at radius 1 is 1.18 bits per heavy atom. The first-order chi connectivity index (χ1) is 13.3. The summed E-state index contributed by atoms with van der Waals surface area (Å²) in [4.78, 5) is 10.9. The second-order valence-electron chi connectivity index (χ2n) is 7.18. The van der Waals surface area contributed by atoms with Gasteiger partial charge in [-0.3, -0.25) is 4.68 Å². The summed E-state index contributed by atoms with van der Waals surface area (Å²) in [7, 11) is 0. The molecule has 0 aliphatic heterocycles. The number of hydrogen-bond acceptors (Lipinski definition) is 3. The Bertz CT molecular complexity index is 978. The highest BCUT2D eigenvalue weighted by molar-refractivity contribution is 6.30. The van der Waals surface area contributed by atoms with Gasteiger partial charge >= 0.3 is 5.97 Å². The van der Waals surface area contributed by atoms with Gasteiger partial charge in [0, 0.05) is 17.1 Å². The predicted molar refractivity (Wildman–Crippen MR) is 111 cm³/mol. The van der Waals surface area contributed by atoms with Crippen molar-refractivity contribution in [1.82, 2.24) is 9.78 Å². The Kier molecular flexibility index (Phi) is 6.05. The van der Waals surface area contributed by atoms with E-state index in [1.807, 2.05) is 54.1 Å². The third-order valence-corrected chi connectivity index (χ3v) is 4.47. The Hall–Kier alpha value is -2.79. The lowest BCUT2D eigenvalue weighted by Gasteiger charge is -2.10. The van der Waals surface area contributed by atoms with E-state index in [0.29, 0.717) is 16.7 Å². The minimum atomic E-state index is -1.02. The fourth-order valence-electron chi connectivity index (χ4n) is 3.00. The molecule has 6 heteroatoms. The summed E-state index contributed by atoms with van der Waals surface area (Å²) in [5, 5.41) is 14.4. The van der Waals surface area contributed by atoms with E-state index in [2.05, 4.69) is 13.8 Å². The van der Waals surface area contributed by atoms with Crippen LogP contribution in [-0.2, 0) is 11.3 Å². The number of rotatable bonds is 7. The largest absolute Gasteiger partial charge is 0.481 e. The Balaban J connectivity index is 2.08. The highest BCUT2D eigenvalue weighted by Gasteiger charge is 2.16. The van der Waals surface area contributed by atoms with Gasteiger partial charge in [-0.25, -0.2) is 4.79 Å². The van der Waals surface area contributed by atoms with Crippen molar-refractivity contribution in [2.75, 3.05) is 6.61 Å². The van der Waals surface area contributed by atoms with Crippen LogP contribution in [0.3, 0.4) is 0 Å². The summed E-state index contributed by atoms with van der Waals surface area (Å²) in [6, 6.07) is 15.3. The van der Waals surface area contributed by atoms with E-state index in [0.717, 1.165) is 34.6 Å². The van der Waals surface area contributed by atoms with Gasteiger partial charge in [-0.2, -0.15) is 5.10 Å². The molecule has 0 radical (unpaired) electrons. The Morgan fingerprint density at radius 2 is 1.89 bits per heavy atom. The summed E-state index contributed by atoms with van der Waals surface area (Å²) < 4.78 is 7.47. The number of hydrogen-bond donors (Lipinski definition) is 1. The van der Waals surface area contributed by atoms with E-state index in [-0.39, 0.29) is 0 Å². The first kappa shape index (κ1) is 20.0. The monoisotopic (exact) mass is 398 g/mol. The maximum absolute atomic E-state index is 10.9. The van der Waals surface area contributed by atoms with Gasteiger partial charge in [0.1, 0.15) is 5.75 Å². The van der Waals surface area contributed by atoms with E-state index in [9.17, 15) is 4.79 Å². The predicted octanol–water partition coefficient (Wildman–Crippen LogP) is 5.30. The highest BCUT2D eigenvalue weighted by atomic mass is 35.5. The number of aromatic nitrogens is 2. The number of carbonyl (C=O) groups is 1. The normalized spacial score (nSPS) is 11.0. The Morgan fingerprint density at radius 3 is 2.54 bits per heavy atom. The standard InChI is InChI=1S/C22H23ClN2O3/c1-14(2)12-25-20(16-5-7-17(23)8-6-16)11-19(24-25)18-10-15(3)4-9-21(18)28-13-22(26)27/h4-11,14H,12-13H2,1-3H3,(H,26,27). The number of nitrogens with zero attached hydrogens (tertiary/aromatic N) is 2. The zero-order valence-electron chi connectivity index (χ0n) is 16.1. The van der Waals surface area contributed by atoms with Gasteiger partial charge in [0.25, 0.3) is 0 Å². The Labute approximate surface area is 169 Å². The van der Waals surface area contributed by atoms with Gasteiger partial charge in [0.05, 0.1) is 11.4 Å². The average molecular weight is 399 g/mol. The van der Waals surface area contributed by atoms with Crippen molar-refractivity contribution in [2.24, 2.45) is 5.92 Å². The molecule has 0 aliphatic carbocycles. The number of carboxylic acid groups (broad SMARTS) is 1. The van der Waals surface area contributed by atoms with Crippen LogP contribution < -0.4 is 4.74 Å². The van der Waals surface area contributed by atoms with Crippen LogP contribution in [0.15, 0.2) is 48.5 Å². The van der Waals surface area contributed by atoms with Gasteiger partial charge in [-0.1, -0.05) is 49.2 Å². The van der Waals surface area contributed by atoms with Crippen molar-refractivity contribution in [2.45, 2.75) is 27.3 Å². The van der Waals surface area contributed by atoms with Crippen LogP contribution in [-0.4, -0.2) is 27.5 Å².